The number of aliphatic carboxylic acids is 1. The molecule has 3 N–H and O–H groups in total. The molecule has 0 fully saturated rings. The van der Waals surface area contributed by atoms with Gasteiger partial charge in [-0.15, -0.1) is 0 Å². The first-order valence-electron chi connectivity index (χ1n) is 11.6. The van der Waals surface area contributed by atoms with Crippen molar-refractivity contribution in [1.29, 1.82) is 0 Å². The SMILES string of the molecule is CCC[C@@H](NC(=O)OCC1c2ccccc2-c2ccccc21)C(=O)Nc1ccc(CC(=O)O)nc1. The highest BCUT2D eigenvalue weighted by Crippen LogP contribution is 2.44. The van der Waals surface area contributed by atoms with Crippen molar-refractivity contribution in [2.24, 2.45) is 0 Å². The highest BCUT2D eigenvalue weighted by atomic mass is 16.5. The summed E-state index contributed by atoms with van der Waals surface area (Å²) in [6.45, 7) is 2.08. The summed E-state index contributed by atoms with van der Waals surface area (Å²) in [5.41, 5.74) is 5.31. The normalized spacial score (nSPS) is 12.8. The number of carbonyl (C=O) groups excluding carboxylic acids is 2. The lowest BCUT2D eigenvalue weighted by atomic mass is 9.98. The molecule has 0 spiro atoms. The summed E-state index contributed by atoms with van der Waals surface area (Å²) in [7, 11) is 0. The monoisotopic (exact) mass is 473 g/mol. The molecule has 1 heterocycles. The highest BCUT2D eigenvalue weighted by molar-refractivity contribution is 5.96. The Morgan fingerprint density at radius 1 is 1.00 bits per heavy atom. The largest absolute Gasteiger partial charge is 0.481 e. The van der Waals surface area contributed by atoms with Crippen LogP contribution in [0.1, 0.15) is 42.5 Å². The third-order valence-electron chi connectivity index (χ3n) is 5.95. The van der Waals surface area contributed by atoms with Crippen LogP contribution in [0.2, 0.25) is 0 Å². The Balaban J connectivity index is 1.37. The first-order chi connectivity index (χ1) is 17.0. The molecule has 0 saturated heterocycles. The lowest BCUT2D eigenvalue weighted by Gasteiger charge is -2.19. The van der Waals surface area contributed by atoms with Gasteiger partial charge in [0.15, 0.2) is 0 Å². The van der Waals surface area contributed by atoms with Crippen LogP contribution in [-0.2, 0) is 20.7 Å². The fourth-order valence-electron chi connectivity index (χ4n) is 4.33. The summed E-state index contributed by atoms with van der Waals surface area (Å²) < 4.78 is 5.57. The zero-order valence-electron chi connectivity index (χ0n) is 19.4. The molecule has 3 aromatic rings. The number of pyridine rings is 1. The van der Waals surface area contributed by atoms with Crippen LogP contribution in [-0.4, -0.2) is 40.7 Å². The third-order valence-corrected chi connectivity index (χ3v) is 5.95. The van der Waals surface area contributed by atoms with Crippen molar-refractivity contribution in [3.05, 3.63) is 83.7 Å². The Labute approximate surface area is 203 Å². The average molecular weight is 474 g/mol. The number of nitrogens with zero attached hydrogens (tertiary/aromatic N) is 1. The second-order valence-electron chi connectivity index (χ2n) is 8.41. The predicted molar refractivity (Wildman–Crippen MR) is 131 cm³/mol. The fraction of sp³-hybridized carbons (Fsp3) is 0.259. The quantitative estimate of drug-likeness (QED) is 0.425. The van der Waals surface area contributed by atoms with E-state index < -0.39 is 24.0 Å². The molecular formula is C27H27N3O5. The van der Waals surface area contributed by atoms with Crippen LogP contribution >= 0.6 is 0 Å². The maximum atomic E-state index is 12.8. The van der Waals surface area contributed by atoms with Crippen molar-refractivity contribution in [3.8, 4) is 11.1 Å². The molecule has 0 bridgehead atoms. The Bertz CT molecular complexity index is 1180. The third kappa shape index (κ3) is 5.66. The van der Waals surface area contributed by atoms with E-state index in [0.717, 1.165) is 22.3 Å². The number of nitrogens with one attached hydrogen (secondary N) is 2. The van der Waals surface area contributed by atoms with Gasteiger partial charge in [0.05, 0.1) is 24.0 Å². The van der Waals surface area contributed by atoms with Crippen LogP contribution in [0.4, 0.5) is 10.5 Å². The number of aromatic nitrogens is 1. The smallest absolute Gasteiger partial charge is 0.407 e. The van der Waals surface area contributed by atoms with Crippen LogP contribution in [0, 0.1) is 0 Å². The Hall–Kier alpha value is -4.20. The van der Waals surface area contributed by atoms with E-state index in [1.165, 1.54) is 12.3 Å². The molecule has 2 aromatic carbocycles. The fourth-order valence-corrected chi connectivity index (χ4v) is 4.33. The van der Waals surface area contributed by atoms with E-state index in [1.807, 2.05) is 43.3 Å². The molecule has 1 aromatic heterocycles. The number of benzene rings is 2. The minimum Gasteiger partial charge on any atom is -0.481 e. The molecule has 1 aliphatic carbocycles. The van der Waals surface area contributed by atoms with Gasteiger partial charge in [-0.25, -0.2) is 4.79 Å². The van der Waals surface area contributed by atoms with E-state index in [0.29, 0.717) is 24.2 Å². The lowest BCUT2D eigenvalue weighted by Crippen LogP contribution is -2.44. The summed E-state index contributed by atoms with van der Waals surface area (Å²) in [6.07, 6.45) is 1.65. The molecule has 8 nitrogen and oxygen atoms in total. The van der Waals surface area contributed by atoms with Crippen LogP contribution in [0.5, 0.6) is 0 Å². The summed E-state index contributed by atoms with van der Waals surface area (Å²) >= 11 is 0. The summed E-state index contributed by atoms with van der Waals surface area (Å²) in [6, 6.07) is 18.5. The van der Waals surface area contributed by atoms with E-state index in [1.54, 1.807) is 6.07 Å². The minimum absolute atomic E-state index is 0.0676. The van der Waals surface area contributed by atoms with Gasteiger partial charge in [-0.2, -0.15) is 0 Å². The molecule has 180 valence electrons. The molecule has 0 saturated carbocycles. The molecule has 0 radical (unpaired) electrons. The first kappa shape index (κ1) is 23.9. The highest BCUT2D eigenvalue weighted by Gasteiger charge is 2.29. The van der Waals surface area contributed by atoms with Gasteiger partial charge < -0.3 is 20.5 Å². The second kappa shape index (κ2) is 10.8. The molecular weight excluding hydrogens is 446 g/mol. The number of hydrogen-bond donors (Lipinski definition) is 3. The van der Waals surface area contributed by atoms with Gasteiger partial charge in [0, 0.05) is 5.92 Å². The van der Waals surface area contributed by atoms with Gasteiger partial charge in [0.1, 0.15) is 12.6 Å². The first-order valence-corrected chi connectivity index (χ1v) is 11.6. The Morgan fingerprint density at radius 2 is 1.66 bits per heavy atom. The zero-order chi connectivity index (χ0) is 24.8. The average Bonchev–Trinajstić information content (AvgIpc) is 3.17. The van der Waals surface area contributed by atoms with E-state index in [2.05, 4.69) is 27.8 Å². The molecule has 35 heavy (non-hydrogen) atoms. The van der Waals surface area contributed by atoms with E-state index >= 15 is 0 Å². The van der Waals surface area contributed by atoms with Gasteiger partial charge in [-0.3, -0.25) is 14.6 Å². The van der Waals surface area contributed by atoms with Gasteiger partial charge in [0.25, 0.3) is 0 Å². The van der Waals surface area contributed by atoms with Crippen molar-refractivity contribution in [1.82, 2.24) is 10.3 Å². The Kier molecular flexibility index (Phi) is 7.40. The molecule has 0 unspecified atom stereocenters. The predicted octanol–water partition coefficient (Wildman–Crippen LogP) is 4.35. The number of amides is 2. The topological polar surface area (TPSA) is 118 Å². The van der Waals surface area contributed by atoms with Gasteiger partial charge in [-0.05, 0) is 40.8 Å². The van der Waals surface area contributed by atoms with Crippen LogP contribution in [0.3, 0.4) is 0 Å². The maximum Gasteiger partial charge on any atom is 0.407 e. The van der Waals surface area contributed by atoms with Crippen LogP contribution in [0.15, 0.2) is 66.9 Å². The maximum absolute atomic E-state index is 12.8. The number of ether oxygens (including phenoxy) is 1. The summed E-state index contributed by atoms with van der Waals surface area (Å²) in [5.74, 6) is -1.44. The number of rotatable bonds is 9. The lowest BCUT2D eigenvalue weighted by molar-refractivity contribution is -0.136. The number of carbonyl (C=O) groups is 3. The zero-order valence-corrected chi connectivity index (χ0v) is 19.4. The summed E-state index contributed by atoms with van der Waals surface area (Å²) in [4.78, 5) is 40.3. The molecule has 0 aliphatic heterocycles. The van der Waals surface area contributed by atoms with E-state index in [-0.39, 0.29) is 18.9 Å². The van der Waals surface area contributed by atoms with E-state index in [9.17, 15) is 14.4 Å². The molecule has 1 atom stereocenters. The number of anilines is 1. The van der Waals surface area contributed by atoms with Crippen LogP contribution in [0.25, 0.3) is 11.1 Å². The van der Waals surface area contributed by atoms with Crippen molar-refractivity contribution in [3.63, 3.8) is 0 Å². The number of hydrogen-bond acceptors (Lipinski definition) is 5. The molecule has 2 amide bonds. The van der Waals surface area contributed by atoms with Gasteiger partial charge >= 0.3 is 12.1 Å². The van der Waals surface area contributed by atoms with Gasteiger partial charge in [0.2, 0.25) is 5.91 Å². The summed E-state index contributed by atoms with van der Waals surface area (Å²) in [5, 5.41) is 14.2. The van der Waals surface area contributed by atoms with Crippen LogP contribution < -0.4 is 10.6 Å². The number of fused-ring (bicyclic) bond motifs is 3. The molecule has 1 aliphatic rings. The number of carboxylic acids is 1. The standard InChI is InChI=1S/C27H27N3O5/c1-2-7-24(26(33)29-18-13-12-17(28-15-18)14-25(31)32)30-27(34)35-16-23-21-10-5-3-8-19(21)20-9-4-6-11-22(20)23/h3-6,8-13,15,23-24H,2,7,14,16H2,1H3,(H,29,33)(H,30,34)(H,31,32)/t24-/m1/s1. The number of carboxylic acid groups (broad SMARTS) is 1. The molecule has 8 heteroatoms. The molecule has 4 rings (SSSR count). The van der Waals surface area contributed by atoms with Crippen molar-refractivity contribution >= 4 is 23.7 Å². The van der Waals surface area contributed by atoms with Gasteiger partial charge in [-0.1, -0.05) is 61.9 Å². The number of alkyl carbamates (subject to hydrolysis) is 1. The minimum atomic E-state index is -0.982. The Morgan fingerprint density at radius 3 is 2.23 bits per heavy atom. The van der Waals surface area contributed by atoms with Crippen molar-refractivity contribution < 1.29 is 24.2 Å². The van der Waals surface area contributed by atoms with Crippen molar-refractivity contribution in [2.45, 2.75) is 38.1 Å². The second-order valence-corrected chi connectivity index (χ2v) is 8.41. The van der Waals surface area contributed by atoms with E-state index in [4.69, 9.17) is 9.84 Å². The van der Waals surface area contributed by atoms with Crippen molar-refractivity contribution in [2.75, 3.05) is 11.9 Å².